The third-order valence-electron chi connectivity index (χ3n) is 1.43. The molecule has 0 radical (unpaired) electrons. The van der Waals surface area contributed by atoms with Crippen LogP contribution >= 0.6 is 11.8 Å². The lowest BCUT2D eigenvalue weighted by atomic mass is 10.2. The maximum atomic E-state index is 3.70. The van der Waals surface area contributed by atoms with E-state index in [9.17, 15) is 0 Å². The van der Waals surface area contributed by atoms with Gasteiger partial charge in [-0.05, 0) is 23.4 Å². The highest BCUT2D eigenvalue weighted by molar-refractivity contribution is 7.99. The summed E-state index contributed by atoms with van der Waals surface area (Å²) in [6.45, 7) is 5.86. The molecule has 0 fully saturated rings. The molecule has 1 aromatic rings. The quantitative estimate of drug-likeness (QED) is 0.617. The number of rotatable bonds is 3. The maximum Gasteiger partial charge on any atom is 0.00722 e. The molecule has 0 saturated heterocycles. The molecule has 0 aliphatic heterocycles. The van der Waals surface area contributed by atoms with Crippen molar-refractivity contribution in [3.8, 4) is 0 Å². The van der Waals surface area contributed by atoms with Gasteiger partial charge in [0.1, 0.15) is 0 Å². The van der Waals surface area contributed by atoms with Crippen LogP contribution < -0.4 is 0 Å². The normalized spacial score (nSPS) is 9.55. The van der Waals surface area contributed by atoms with E-state index in [1.165, 1.54) is 10.5 Å². The molecule has 1 aromatic carbocycles. The molecule has 0 aliphatic rings. The second-order valence-electron chi connectivity index (χ2n) is 2.21. The Morgan fingerprint density at radius 1 is 1.36 bits per heavy atom. The Hall–Kier alpha value is -0.690. The van der Waals surface area contributed by atoms with Crippen molar-refractivity contribution < 1.29 is 0 Å². The van der Waals surface area contributed by atoms with E-state index in [1.54, 1.807) is 0 Å². The molecule has 0 heterocycles. The fourth-order valence-electron chi connectivity index (χ4n) is 0.867. The second-order valence-corrected chi connectivity index (χ2v) is 3.54. The molecule has 0 saturated carbocycles. The van der Waals surface area contributed by atoms with Crippen molar-refractivity contribution in [1.82, 2.24) is 0 Å². The Morgan fingerprint density at radius 2 is 2.00 bits per heavy atom. The van der Waals surface area contributed by atoms with E-state index in [-0.39, 0.29) is 0 Å². The summed E-state index contributed by atoms with van der Waals surface area (Å²) in [5.74, 6) is 1.13. The van der Waals surface area contributed by atoms with E-state index in [0.29, 0.717) is 0 Å². The summed E-state index contributed by atoms with van der Waals surface area (Å²) in [5, 5.41) is 0. The van der Waals surface area contributed by atoms with Crippen molar-refractivity contribution in [3.63, 3.8) is 0 Å². The molecule has 1 heteroatoms. The van der Waals surface area contributed by atoms with E-state index < -0.39 is 0 Å². The van der Waals surface area contributed by atoms with Gasteiger partial charge < -0.3 is 0 Å². The minimum atomic E-state index is 1.13. The maximum absolute atomic E-state index is 3.70. The highest BCUT2D eigenvalue weighted by atomic mass is 32.2. The standard InChI is InChI=1S/C10H12S/c1-3-9-5-7-10(8-6-9)11-4-2/h3,5-8H,1,4H2,2H3. The van der Waals surface area contributed by atoms with Gasteiger partial charge in [0.2, 0.25) is 0 Å². The highest BCUT2D eigenvalue weighted by Gasteiger charge is 1.89. The van der Waals surface area contributed by atoms with Crippen LogP contribution in [-0.4, -0.2) is 5.75 Å². The lowest BCUT2D eigenvalue weighted by Crippen LogP contribution is -1.73. The molecular weight excluding hydrogens is 152 g/mol. The first-order valence-corrected chi connectivity index (χ1v) is 4.70. The Labute approximate surface area is 72.3 Å². The SMILES string of the molecule is C=Cc1ccc(SCC)cc1. The number of benzene rings is 1. The second kappa shape index (κ2) is 4.24. The van der Waals surface area contributed by atoms with E-state index in [4.69, 9.17) is 0 Å². The summed E-state index contributed by atoms with van der Waals surface area (Å²) in [4.78, 5) is 1.33. The Bertz CT molecular complexity index is 223. The summed E-state index contributed by atoms with van der Waals surface area (Å²) in [7, 11) is 0. The van der Waals surface area contributed by atoms with E-state index in [2.05, 4.69) is 37.8 Å². The van der Waals surface area contributed by atoms with Gasteiger partial charge in [0.25, 0.3) is 0 Å². The topological polar surface area (TPSA) is 0 Å². The summed E-state index contributed by atoms with van der Waals surface area (Å²) in [6, 6.07) is 8.44. The molecule has 0 unspecified atom stereocenters. The van der Waals surface area contributed by atoms with Crippen LogP contribution in [0.4, 0.5) is 0 Å². The summed E-state index contributed by atoms with van der Waals surface area (Å²) >= 11 is 1.86. The van der Waals surface area contributed by atoms with Crippen molar-refractivity contribution in [1.29, 1.82) is 0 Å². The Balaban J connectivity index is 2.74. The van der Waals surface area contributed by atoms with E-state index >= 15 is 0 Å². The number of hydrogen-bond acceptors (Lipinski definition) is 1. The molecule has 1 rings (SSSR count). The van der Waals surface area contributed by atoms with E-state index in [1.807, 2.05) is 17.8 Å². The predicted molar refractivity (Wildman–Crippen MR) is 52.9 cm³/mol. The van der Waals surface area contributed by atoms with Gasteiger partial charge in [-0.2, -0.15) is 0 Å². The van der Waals surface area contributed by atoms with Crippen molar-refractivity contribution >= 4 is 17.8 Å². The van der Waals surface area contributed by atoms with Gasteiger partial charge >= 0.3 is 0 Å². The zero-order valence-electron chi connectivity index (χ0n) is 6.71. The van der Waals surface area contributed by atoms with Crippen LogP contribution in [0, 0.1) is 0 Å². The van der Waals surface area contributed by atoms with Crippen LogP contribution in [0.2, 0.25) is 0 Å². The van der Waals surface area contributed by atoms with Crippen molar-refractivity contribution in [2.45, 2.75) is 11.8 Å². The molecule has 0 nitrogen and oxygen atoms in total. The Kier molecular flexibility index (Phi) is 3.24. The molecule has 0 atom stereocenters. The molecule has 0 aromatic heterocycles. The molecule has 11 heavy (non-hydrogen) atoms. The van der Waals surface area contributed by atoms with Gasteiger partial charge in [-0.15, -0.1) is 11.8 Å². The minimum Gasteiger partial charge on any atom is -0.126 e. The molecule has 0 spiro atoms. The van der Waals surface area contributed by atoms with Gasteiger partial charge in [-0.1, -0.05) is 31.7 Å². The molecule has 0 aliphatic carbocycles. The zero-order valence-corrected chi connectivity index (χ0v) is 7.53. The first kappa shape index (κ1) is 8.41. The first-order chi connectivity index (χ1) is 5.36. The summed E-state index contributed by atoms with van der Waals surface area (Å²) in [6.07, 6.45) is 1.86. The number of hydrogen-bond donors (Lipinski definition) is 0. The molecule has 58 valence electrons. The van der Waals surface area contributed by atoms with Crippen molar-refractivity contribution in [2.75, 3.05) is 5.75 Å². The Morgan fingerprint density at radius 3 is 2.45 bits per heavy atom. The summed E-state index contributed by atoms with van der Waals surface area (Å²) < 4.78 is 0. The minimum absolute atomic E-state index is 1.13. The highest BCUT2D eigenvalue weighted by Crippen LogP contribution is 2.17. The van der Waals surface area contributed by atoms with Gasteiger partial charge in [0.05, 0.1) is 0 Å². The molecule has 0 bridgehead atoms. The zero-order chi connectivity index (χ0) is 8.10. The monoisotopic (exact) mass is 164 g/mol. The number of thioether (sulfide) groups is 1. The third kappa shape index (κ3) is 2.43. The van der Waals surface area contributed by atoms with Gasteiger partial charge in [-0.25, -0.2) is 0 Å². The molecule has 0 N–H and O–H groups in total. The largest absolute Gasteiger partial charge is 0.126 e. The van der Waals surface area contributed by atoms with Gasteiger partial charge in [-0.3, -0.25) is 0 Å². The van der Waals surface area contributed by atoms with Crippen LogP contribution in [-0.2, 0) is 0 Å². The van der Waals surface area contributed by atoms with Crippen LogP contribution in [0.25, 0.3) is 6.08 Å². The lowest BCUT2D eigenvalue weighted by molar-refractivity contribution is 1.42. The predicted octanol–water partition coefficient (Wildman–Crippen LogP) is 3.44. The molecule has 0 amide bonds. The average molecular weight is 164 g/mol. The fraction of sp³-hybridized carbons (Fsp3) is 0.200. The van der Waals surface area contributed by atoms with Gasteiger partial charge in [0.15, 0.2) is 0 Å². The first-order valence-electron chi connectivity index (χ1n) is 3.72. The third-order valence-corrected chi connectivity index (χ3v) is 2.32. The van der Waals surface area contributed by atoms with Crippen molar-refractivity contribution in [2.24, 2.45) is 0 Å². The summed E-state index contributed by atoms with van der Waals surface area (Å²) in [5.41, 5.74) is 1.19. The molecular formula is C10H12S. The fourth-order valence-corrected chi connectivity index (χ4v) is 1.53. The van der Waals surface area contributed by atoms with Crippen LogP contribution in [0.15, 0.2) is 35.7 Å². The smallest absolute Gasteiger partial charge is 0.00722 e. The van der Waals surface area contributed by atoms with Crippen LogP contribution in [0.1, 0.15) is 12.5 Å². The van der Waals surface area contributed by atoms with Crippen molar-refractivity contribution in [3.05, 3.63) is 36.4 Å². The lowest BCUT2D eigenvalue weighted by Gasteiger charge is -1.97. The van der Waals surface area contributed by atoms with E-state index in [0.717, 1.165) is 5.75 Å². The van der Waals surface area contributed by atoms with Crippen LogP contribution in [0.5, 0.6) is 0 Å². The van der Waals surface area contributed by atoms with Crippen LogP contribution in [0.3, 0.4) is 0 Å². The average Bonchev–Trinajstić information content (AvgIpc) is 2.07. The van der Waals surface area contributed by atoms with Gasteiger partial charge in [0, 0.05) is 4.90 Å².